The van der Waals surface area contributed by atoms with Crippen LogP contribution in [0.2, 0.25) is 0 Å². The first-order chi connectivity index (χ1) is 25.8. The molecule has 4 saturated heterocycles. The van der Waals surface area contributed by atoms with Gasteiger partial charge >= 0.3 is 6.01 Å². The van der Waals surface area contributed by atoms with Crippen molar-refractivity contribution in [3.05, 3.63) is 47.7 Å². The minimum Gasteiger partial charge on any atom is -0.508 e. The van der Waals surface area contributed by atoms with Crippen molar-refractivity contribution in [1.82, 2.24) is 19.9 Å². The summed E-state index contributed by atoms with van der Waals surface area (Å²) in [5.41, 5.74) is 0.723. The highest BCUT2D eigenvalue weighted by molar-refractivity contribution is 6.01. The number of aryl methyl sites for hydroxylation is 1. The number of hydrogen-bond donors (Lipinski definition) is 2. The largest absolute Gasteiger partial charge is 0.508 e. The lowest BCUT2D eigenvalue weighted by Gasteiger charge is -2.50. The van der Waals surface area contributed by atoms with E-state index in [-0.39, 0.29) is 28.4 Å². The standard InChI is InChI=1S/C40H47F2N5O4.C2H6/c1-2-29-32(41)11-8-23-16-26(49)19-30(34(23)29)36-35(42)37-31(20-43-36)38(46-14-4-6-25(48)21-46)45-39(44-37)50-22-40-12-3-7-33(40)47(15-5-13-40)24-17-27-9-10-28(18-24)51-27;1-2/h8,11,16,19-20,24-25,27-28,33,48-49H,2-7,9-10,12-15,17-18,21-22H2,1H3;1-2H3. The van der Waals surface area contributed by atoms with Gasteiger partial charge in [-0.15, -0.1) is 0 Å². The van der Waals surface area contributed by atoms with E-state index >= 15 is 8.78 Å². The number of piperidine rings is 2. The molecule has 2 bridgehead atoms. The zero-order chi connectivity index (χ0) is 36.9. The van der Waals surface area contributed by atoms with Crippen LogP contribution in [0.25, 0.3) is 32.9 Å². The van der Waals surface area contributed by atoms with E-state index in [2.05, 4.69) is 9.88 Å². The Bertz CT molecular complexity index is 1970. The number of phenols is 1. The molecule has 0 amide bonds. The maximum absolute atomic E-state index is 17.0. The smallest absolute Gasteiger partial charge is 0.319 e. The van der Waals surface area contributed by atoms with Crippen molar-refractivity contribution in [3.63, 3.8) is 0 Å². The molecular weight excluding hydrogens is 676 g/mol. The fourth-order valence-corrected chi connectivity index (χ4v) is 10.4. The van der Waals surface area contributed by atoms with Crippen molar-refractivity contribution in [2.75, 3.05) is 31.1 Å². The lowest BCUT2D eigenvalue weighted by atomic mass is 9.74. The van der Waals surface area contributed by atoms with Crippen LogP contribution in [0, 0.1) is 17.0 Å². The molecule has 5 aliphatic rings. The second-order valence-corrected chi connectivity index (χ2v) is 15.7. The summed E-state index contributed by atoms with van der Waals surface area (Å²) in [5.74, 6) is -0.664. The van der Waals surface area contributed by atoms with Crippen LogP contribution in [-0.4, -0.2) is 86.7 Å². The quantitative estimate of drug-likeness (QED) is 0.195. The minimum atomic E-state index is -0.688. The van der Waals surface area contributed by atoms with Gasteiger partial charge in [0.05, 0.1) is 30.3 Å². The molecule has 9 rings (SSSR count). The molecule has 11 heteroatoms. The number of fused-ring (bicyclic) bond motifs is 5. The summed E-state index contributed by atoms with van der Waals surface area (Å²) < 4.78 is 44.9. The zero-order valence-corrected chi connectivity index (χ0v) is 31.3. The maximum atomic E-state index is 17.0. The van der Waals surface area contributed by atoms with Gasteiger partial charge in [-0.3, -0.25) is 9.88 Å². The molecule has 5 atom stereocenters. The van der Waals surface area contributed by atoms with Gasteiger partial charge in [0.15, 0.2) is 5.82 Å². The monoisotopic (exact) mass is 729 g/mol. The van der Waals surface area contributed by atoms with Crippen LogP contribution < -0.4 is 9.64 Å². The summed E-state index contributed by atoms with van der Waals surface area (Å²) >= 11 is 0. The Morgan fingerprint density at radius 2 is 1.77 bits per heavy atom. The summed E-state index contributed by atoms with van der Waals surface area (Å²) in [7, 11) is 0. The molecule has 5 fully saturated rings. The molecule has 2 aromatic carbocycles. The van der Waals surface area contributed by atoms with E-state index in [0.29, 0.717) is 89.9 Å². The van der Waals surface area contributed by atoms with Crippen LogP contribution in [0.15, 0.2) is 30.5 Å². The van der Waals surface area contributed by atoms with Gasteiger partial charge in [-0.2, -0.15) is 9.97 Å². The third-order valence-electron chi connectivity index (χ3n) is 12.7. The number of β-amino-alcohol motifs (C(OH)–C–C–N with tert-alkyl or cyclic N) is 1. The number of pyridine rings is 1. The Balaban J connectivity index is 0.00000197. The van der Waals surface area contributed by atoms with Crippen molar-refractivity contribution in [3.8, 4) is 23.0 Å². The Hall–Kier alpha value is -3.67. The van der Waals surface area contributed by atoms with E-state index in [4.69, 9.17) is 19.4 Å². The van der Waals surface area contributed by atoms with Crippen molar-refractivity contribution in [2.45, 2.75) is 128 Å². The summed E-state index contributed by atoms with van der Waals surface area (Å²) in [6, 6.07) is 7.03. The van der Waals surface area contributed by atoms with E-state index in [9.17, 15) is 10.2 Å². The predicted molar refractivity (Wildman–Crippen MR) is 202 cm³/mol. The first kappa shape index (κ1) is 36.3. The molecule has 4 aliphatic heterocycles. The molecule has 9 nitrogen and oxygen atoms in total. The van der Waals surface area contributed by atoms with Crippen molar-refractivity contribution >= 4 is 27.5 Å². The highest BCUT2D eigenvalue weighted by Crippen LogP contribution is 2.50. The predicted octanol–water partition coefficient (Wildman–Crippen LogP) is 8.10. The number of aromatic hydroxyl groups is 1. The van der Waals surface area contributed by atoms with Gasteiger partial charge in [0.1, 0.15) is 28.6 Å². The summed E-state index contributed by atoms with van der Waals surface area (Å²) in [4.78, 5) is 18.9. The molecule has 4 aromatic rings. The van der Waals surface area contributed by atoms with Gasteiger partial charge in [-0.1, -0.05) is 33.3 Å². The second kappa shape index (κ2) is 14.9. The summed E-state index contributed by atoms with van der Waals surface area (Å²) in [6.45, 7) is 8.42. The molecule has 0 radical (unpaired) electrons. The molecule has 2 aromatic heterocycles. The van der Waals surface area contributed by atoms with Gasteiger partial charge in [-0.25, -0.2) is 8.78 Å². The van der Waals surface area contributed by atoms with E-state index < -0.39 is 17.7 Å². The third-order valence-corrected chi connectivity index (χ3v) is 12.7. The van der Waals surface area contributed by atoms with Gasteiger partial charge < -0.3 is 24.6 Å². The van der Waals surface area contributed by atoms with E-state index in [1.165, 1.54) is 25.0 Å². The number of likely N-dealkylation sites (tertiary alicyclic amines) is 1. The minimum absolute atomic E-state index is 0.0271. The Morgan fingerprint density at radius 1 is 0.981 bits per heavy atom. The Kier molecular flexibility index (Phi) is 10.2. The fraction of sp³-hybridized carbons (Fsp3) is 0.595. The first-order valence-electron chi connectivity index (χ1n) is 20.1. The molecule has 284 valence electrons. The summed E-state index contributed by atoms with van der Waals surface area (Å²) in [6.07, 6.45) is 13.8. The maximum Gasteiger partial charge on any atom is 0.319 e. The van der Waals surface area contributed by atoms with Crippen LogP contribution in [0.1, 0.15) is 97.0 Å². The fourth-order valence-electron chi connectivity index (χ4n) is 10.4. The molecular formula is C42H53F2N5O4. The van der Waals surface area contributed by atoms with Crippen molar-refractivity contribution < 1.29 is 28.5 Å². The molecule has 5 unspecified atom stereocenters. The lowest BCUT2D eigenvalue weighted by molar-refractivity contribution is -0.0798. The van der Waals surface area contributed by atoms with Gasteiger partial charge in [0, 0.05) is 42.3 Å². The number of anilines is 1. The molecule has 53 heavy (non-hydrogen) atoms. The molecule has 0 spiro atoms. The second-order valence-electron chi connectivity index (χ2n) is 15.7. The van der Waals surface area contributed by atoms with Crippen LogP contribution in [0.5, 0.6) is 11.8 Å². The number of ether oxygens (including phenoxy) is 2. The average Bonchev–Trinajstić information content (AvgIpc) is 3.76. The average molecular weight is 730 g/mol. The van der Waals surface area contributed by atoms with Gasteiger partial charge in [-0.05, 0) is 112 Å². The number of benzene rings is 2. The van der Waals surface area contributed by atoms with Crippen LogP contribution >= 0.6 is 0 Å². The number of aliphatic hydroxyl groups excluding tert-OH is 1. The molecule has 2 N–H and O–H groups in total. The number of nitrogens with zero attached hydrogens (tertiary/aromatic N) is 5. The normalized spacial score (nSPS) is 28.6. The van der Waals surface area contributed by atoms with E-state index in [1.807, 2.05) is 25.7 Å². The van der Waals surface area contributed by atoms with Crippen LogP contribution in [-0.2, 0) is 11.2 Å². The number of aromatic nitrogens is 3. The van der Waals surface area contributed by atoms with E-state index in [1.54, 1.807) is 18.3 Å². The van der Waals surface area contributed by atoms with E-state index in [0.717, 1.165) is 57.9 Å². The van der Waals surface area contributed by atoms with Gasteiger partial charge in [0.25, 0.3) is 0 Å². The number of rotatable bonds is 7. The number of halogens is 2. The Morgan fingerprint density at radius 3 is 2.55 bits per heavy atom. The first-order valence-corrected chi connectivity index (χ1v) is 20.1. The van der Waals surface area contributed by atoms with Crippen molar-refractivity contribution in [1.29, 1.82) is 0 Å². The Labute approximate surface area is 310 Å². The molecule has 1 saturated carbocycles. The highest BCUT2D eigenvalue weighted by atomic mass is 19.1. The molecule has 6 heterocycles. The van der Waals surface area contributed by atoms with Crippen LogP contribution in [0.3, 0.4) is 0 Å². The van der Waals surface area contributed by atoms with Crippen molar-refractivity contribution in [2.24, 2.45) is 5.41 Å². The molecule has 1 aliphatic carbocycles. The number of hydrogen-bond acceptors (Lipinski definition) is 9. The van der Waals surface area contributed by atoms with Crippen LogP contribution in [0.4, 0.5) is 14.6 Å². The van der Waals surface area contributed by atoms with Gasteiger partial charge in [0.2, 0.25) is 0 Å². The topological polar surface area (TPSA) is 104 Å². The lowest BCUT2D eigenvalue weighted by Crippen LogP contribution is -2.57. The third kappa shape index (κ3) is 6.60. The number of aliphatic hydroxyl groups is 1. The SMILES string of the molecule is CC.CCc1c(F)ccc2cc(O)cc(-c3ncc4c(N5CCCC(O)C5)nc(OCC56CCCC5N(C5CC7CCC(C5)O7)CCC6)nc4c3F)c12. The highest BCUT2D eigenvalue weighted by Gasteiger charge is 2.51. The zero-order valence-electron chi connectivity index (χ0n) is 31.3. The number of phenolic OH excluding ortho intramolecular Hbond substituents is 1. The summed E-state index contributed by atoms with van der Waals surface area (Å²) in [5, 5.41) is 22.8.